The van der Waals surface area contributed by atoms with Crippen molar-refractivity contribution in [2.45, 2.75) is 6.54 Å². The maximum Gasteiger partial charge on any atom is 0.270 e. The van der Waals surface area contributed by atoms with Crippen LogP contribution in [0.25, 0.3) is 10.9 Å². The van der Waals surface area contributed by atoms with Crippen LogP contribution in [0.3, 0.4) is 0 Å². The number of hydrogen-bond acceptors (Lipinski definition) is 3. The molecule has 2 aromatic rings. The molecule has 0 saturated carbocycles. The van der Waals surface area contributed by atoms with Crippen molar-refractivity contribution in [1.29, 1.82) is 0 Å². The molecule has 0 bridgehead atoms. The number of benzene rings is 1. The minimum Gasteiger partial charge on any atom is -0.350 e. The van der Waals surface area contributed by atoms with E-state index in [1.165, 1.54) is 6.07 Å². The van der Waals surface area contributed by atoms with E-state index < -0.39 is 4.92 Å². The summed E-state index contributed by atoms with van der Waals surface area (Å²) in [7, 11) is 1.90. The third-order valence-corrected chi connectivity index (χ3v) is 2.49. The van der Waals surface area contributed by atoms with Gasteiger partial charge in [0.1, 0.15) is 0 Å². The number of nitrogens with zero attached hydrogens (tertiary/aromatic N) is 2. The first-order valence-corrected chi connectivity index (χ1v) is 4.56. The van der Waals surface area contributed by atoms with Crippen molar-refractivity contribution in [2.24, 2.45) is 12.8 Å². The third-order valence-electron chi connectivity index (χ3n) is 2.49. The average Bonchev–Trinajstić information content (AvgIpc) is 2.55. The van der Waals surface area contributed by atoms with Crippen molar-refractivity contribution >= 4 is 16.6 Å². The minimum atomic E-state index is -0.396. The monoisotopic (exact) mass is 205 g/mol. The first-order valence-electron chi connectivity index (χ1n) is 4.56. The molecule has 78 valence electrons. The molecule has 0 aliphatic heterocycles. The predicted octanol–water partition coefficient (Wildman–Crippen LogP) is 1.55. The number of nitro groups is 1. The van der Waals surface area contributed by atoms with Crippen LogP contribution in [-0.2, 0) is 13.6 Å². The Morgan fingerprint density at radius 1 is 1.53 bits per heavy atom. The van der Waals surface area contributed by atoms with E-state index in [1.807, 2.05) is 17.8 Å². The van der Waals surface area contributed by atoms with Crippen molar-refractivity contribution in [2.75, 3.05) is 0 Å². The molecule has 0 atom stereocenters. The van der Waals surface area contributed by atoms with E-state index in [4.69, 9.17) is 5.73 Å². The van der Waals surface area contributed by atoms with Gasteiger partial charge < -0.3 is 10.3 Å². The lowest BCUT2D eigenvalue weighted by atomic mass is 10.1. The molecule has 1 heterocycles. The van der Waals surface area contributed by atoms with Crippen LogP contribution in [0.15, 0.2) is 24.4 Å². The SMILES string of the molecule is Cn1cc(CN)c2cc([N+](=O)[O-])ccc21. The Hall–Kier alpha value is -1.88. The Morgan fingerprint density at radius 2 is 2.27 bits per heavy atom. The summed E-state index contributed by atoms with van der Waals surface area (Å²) in [5.41, 5.74) is 7.56. The lowest BCUT2D eigenvalue weighted by Crippen LogP contribution is -1.94. The second-order valence-electron chi connectivity index (χ2n) is 3.43. The summed E-state index contributed by atoms with van der Waals surface area (Å²) in [6.45, 7) is 0.387. The Balaban J connectivity index is 2.73. The maximum atomic E-state index is 10.6. The molecule has 0 radical (unpaired) electrons. The van der Waals surface area contributed by atoms with Gasteiger partial charge in [-0.3, -0.25) is 10.1 Å². The lowest BCUT2D eigenvalue weighted by molar-refractivity contribution is -0.384. The van der Waals surface area contributed by atoms with Gasteiger partial charge in [0, 0.05) is 42.8 Å². The second-order valence-corrected chi connectivity index (χ2v) is 3.43. The van der Waals surface area contributed by atoms with Gasteiger partial charge in [0.05, 0.1) is 4.92 Å². The minimum absolute atomic E-state index is 0.100. The molecule has 0 saturated heterocycles. The summed E-state index contributed by atoms with van der Waals surface area (Å²) < 4.78 is 1.92. The molecule has 5 heteroatoms. The molecular weight excluding hydrogens is 194 g/mol. The van der Waals surface area contributed by atoms with Gasteiger partial charge in [-0.25, -0.2) is 0 Å². The maximum absolute atomic E-state index is 10.6. The van der Waals surface area contributed by atoms with Crippen molar-refractivity contribution in [1.82, 2.24) is 4.57 Å². The summed E-state index contributed by atoms with van der Waals surface area (Å²) in [6.07, 6.45) is 1.90. The molecule has 2 N–H and O–H groups in total. The predicted molar refractivity (Wildman–Crippen MR) is 57.5 cm³/mol. The third kappa shape index (κ3) is 1.46. The zero-order valence-electron chi connectivity index (χ0n) is 8.30. The Bertz CT molecular complexity index is 531. The van der Waals surface area contributed by atoms with Crippen LogP contribution in [-0.4, -0.2) is 9.49 Å². The number of nitrogens with two attached hydrogens (primary N) is 1. The number of non-ortho nitro benzene ring substituents is 1. The smallest absolute Gasteiger partial charge is 0.270 e. The molecule has 0 spiro atoms. The quantitative estimate of drug-likeness (QED) is 0.597. The van der Waals surface area contributed by atoms with Crippen molar-refractivity contribution in [3.63, 3.8) is 0 Å². The van der Waals surface area contributed by atoms with E-state index in [1.54, 1.807) is 12.1 Å². The highest BCUT2D eigenvalue weighted by Crippen LogP contribution is 2.24. The van der Waals surface area contributed by atoms with E-state index in [-0.39, 0.29) is 5.69 Å². The first-order chi connectivity index (χ1) is 7.13. The summed E-state index contributed by atoms with van der Waals surface area (Å²) in [5, 5.41) is 11.5. The number of aromatic nitrogens is 1. The molecule has 1 aromatic carbocycles. The summed E-state index contributed by atoms with van der Waals surface area (Å²) in [5.74, 6) is 0. The molecule has 5 nitrogen and oxygen atoms in total. The van der Waals surface area contributed by atoms with Gasteiger partial charge in [0.15, 0.2) is 0 Å². The Morgan fingerprint density at radius 3 is 2.87 bits per heavy atom. The number of hydrogen-bond donors (Lipinski definition) is 1. The fourth-order valence-electron chi connectivity index (χ4n) is 1.74. The summed E-state index contributed by atoms with van der Waals surface area (Å²) in [4.78, 5) is 10.2. The van der Waals surface area contributed by atoms with Gasteiger partial charge in [-0.2, -0.15) is 0 Å². The van der Waals surface area contributed by atoms with Gasteiger partial charge in [-0.05, 0) is 11.6 Å². The number of aryl methyl sites for hydroxylation is 1. The molecular formula is C10H11N3O2. The Labute approximate surface area is 86.3 Å². The van der Waals surface area contributed by atoms with Crippen LogP contribution in [0.4, 0.5) is 5.69 Å². The highest BCUT2D eigenvalue weighted by atomic mass is 16.6. The highest BCUT2D eigenvalue weighted by Gasteiger charge is 2.10. The van der Waals surface area contributed by atoms with Gasteiger partial charge >= 0.3 is 0 Å². The first kappa shape index (κ1) is 9.67. The number of nitro benzene ring substituents is 1. The van der Waals surface area contributed by atoms with E-state index in [0.29, 0.717) is 6.54 Å². The van der Waals surface area contributed by atoms with Crippen LogP contribution in [0.1, 0.15) is 5.56 Å². The van der Waals surface area contributed by atoms with Crippen LogP contribution < -0.4 is 5.73 Å². The van der Waals surface area contributed by atoms with E-state index >= 15 is 0 Å². The fraction of sp³-hybridized carbons (Fsp3) is 0.200. The normalized spacial score (nSPS) is 10.8. The summed E-state index contributed by atoms with van der Waals surface area (Å²) in [6, 6.07) is 4.81. The zero-order valence-corrected chi connectivity index (χ0v) is 8.30. The molecule has 0 amide bonds. The molecule has 0 fully saturated rings. The van der Waals surface area contributed by atoms with Crippen molar-refractivity contribution in [3.05, 3.63) is 40.1 Å². The Kier molecular flexibility index (Phi) is 2.17. The molecule has 2 rings (SSSR count). The zero-order chi connectivity index (χ0) is 11.0. The summed E-state index contributed by atoms with van der Waals surface area (Å²) >= 11 is 0. The van der Waals surface area contributed by atoms with Crippen LogP contribution >= 0.6 is 0 Å². The van der Waals surface area contributed by atoms with E-state index in [9.17, 15) is 10.1 Å². The number of rotatable bonds is 2. The van der Waals surface area contributed by atoms with E-state index in [0.717, 1.165) is 16.5 Å². The molecule has 0 aliphatic rings. The average molecular weight is 205 g/mol. The molecule has 0 aliphatic carbocycles. The largest absolute Gasteiger partial charge is 0.350 e. The van der Waals surface area contributed by atoms with Gasteiger partial charge in [-0.1, -0.05) is 0 Å². The highest BCUT2D eigenvalue weighted by molar-refractivity contribution is 5.86. The molecule has 15 heavy (non-hydrogen) atoms. The number of fused-ring (bicyclic) bond motifs is 1. The van der Waals surface area contributed by atoms with Gasteiger partial charge in [0.2, 0.25) is 0 Å². The van der Waals surface area contributed by atoms with Crippen molar-refractivity contribution in [3.8, 4) is 0 Å². The topological polar surface area (TPSA) is 74.1 Å². The van der Waals surface area contributed by atoms with Crippen molar-refractivity contribution < 1.29 is 4.92 Å². The standard InChI is InChI=1S/C10H11N3O2/c1-12-6-7(5-11)9-4-8(13(14)15)2-3-10(9)12/h2-4,6H,5,11H2,1H3. The van der Waals surface area contributed by atoms with Crippen LogP contribution in [0.5, 0.6) is 0 Å². The van der Waals surface area contributed by atoms with Crippen LogP contribution in [0, 0.1) is 10.1 Å². The fourth-order valence-corrected chi connectivity index (χ4v) is 1.74. The van der Waals surface area contributed by atoms with Gasteiger partial charge in [-0.15, -0.1) is 0 Å². The molecule has 1 aromatic heterocycles. The van der Waals surface area contributed by atoms with Crippen LogP contribution in [0.2, 0.25) is 0 Å². The lowest BCUT2D eigenvalue weighted by Gasteiger charge is -1.96. The van der Waals surface area contributed by atoms with Gasteiger partial charge in [0.25, 0.3) is 5.69 Å². The second kappa shape index (κ2) is 3.36. The van der Waals surface area contributed by atoms with E-state index in [2.05, 4.69) is 0 Å². The molecule has 0 unspecified atom stereocenters.